The van der Waals surface area contributed by atoms with E-state index in [1.807, 2.05) is 0 Å². The van der Waals surface area contributed by atoms with Gasteiger partial charge in [-0.3, -0.25) is 9.69 Å². The first-order chi connectivity index (χ1) is 15.5. The van der Waals surface area contributed by atoms with Crippen molar-refractivity contribution in [3.8, 4) is 5.75 Å². The largest absolute Gasteiger partial charge is 0.493 e. The number of hydrogen-bond donors (Lipinski definition) is 1. The van der Waals surface area contributed by atoms with Crippen LogP contribution < -0.4 is 4.74 Å². The van der Waals surface area contributed by atoms with E-state index in [0.29, 0.717) is 31.4 Å². The topological polar surface area (TPSA) is 70.1 Å². The minimum Gasteiger partial charge on any atom is -0.493 e. The fraction of sp³-hybridized carbons (Fsp3) is 0.636. The van der Waals surface area contributed by atoms with Gasteiger partial charge in [0.05, 0.1) is 6.61 Å². The fourth-order valence-electron chi connectivity index (χ4n) is 3.63. The highest BCUT2D eigenvalue weighted by Crippen LogP contribution is 2.50. The summed E-state index contributed by atoms with van der Waals surface area (Å²) in [6, 6.07) is 1.78. The maximum atomic E-state index is 13.2. The molecule has 0 aromatic heterocycles. The first-order valence-electron chi connectivity index (χ1n) is 10.7. The third-order valence-corrected chi connectivity index (χ3v) is 5.98. The third kappa shape index (κ3) is 4.96. The number of hydrogen-bond acceptors (Lipinski definition) is 4. The minimum absolute atomic E-state index is 0.0638. The van der Waals surface area contributed by atoms with Crippen LogP contribution in [0.1, 0.15) is 51.2 Å². The molecule has 6 nitrogen and oxygen atoms in total. The molecule has 0 spiro atoms. The molecule has 0 aliphatic carbocycles. The normalized spacial score (nSPS) is 17.0. The van der Waals surface area contributed by atoms with E-state index in [0.717, 1.165) is 11.0 Å². The Kier molecular flexibility index (Phi) is 7.86. The Labute approximate surface area is 193 Å². The molecule has 1 aliphatic rings. The summed E-state index contributed by atoms with van der Waals surface area (Å²) in [5.74, 6) is -0.227. The van der Waals surface area contributed by atoms with Crippen LogP contribution in [-0.4, -0.2) is 64.9 Å². The SMILES string of the molecule is CCCc1cc(C(O)(C(F)(F)F)C(F)(F)F)ccc1OCCCCN1C(=O)N(C)C(C)(C)C1=O. The van der Waals surface area contributed by atoms with E-state index in [1.54, 1.807) is 20.8 Å². The summed E-state index contributed by atoms with van der Waals surface area (Å²) in [4.78, 5) is 27.0. The first kappa shape index (κ1) is 27.7. The molecule has 1 aromatic rings. The lowest BCUT2D eigenvalue weighted by Gasteiger charge is -2.33. The lowest BCUT2D eigenvalue weighted by atomic mass is 9.90. The van der Waals surface area contributed by atoms with Crippen LogP contribution in [0.2, 0.25) is 0 Å². The van der Waals surface area contributed by atoms with Crippen LogP contribution >= 0.6 is 0 Å². The van der Waals surface area contributed by atoms with E-state index >= 15 is 0 Å². The zero-order valence-corrected chi connectivity index (χ0v) is 19.3. The first-order valence-corrected chi connectivity index (χ1v) is 10.7. The van der Waals surface area contributed by atoms with Crippen molar-refractivity contribution >= 4 is 11.9 Å². The van der Waals surface area contributed by atoms with Gasteiger partial charge in [0.25, 0.3) is 11.5 Å². The average Bonchev–Trinajstić information content (AvgIpc) is 2.86. The maximum Gasteiger partial charge on any atom is 0.430 e. The molecule has 0 atom stereocenters. The number of likely N-dealkylation sites (N-methyl/N-ethyl adjacent to an activating group) is 1. The molecule has 1 saturated heterocycles. The van der Waals surface area contributed by atoms with Crippen LogP contribution in [0, 0.1) is 0 Å². The van der Waals surface area contributed by atoms with Crippen molar-refractivity contribution in [2.75, 3.05) is 20.2 Å². The number of alkyl halides is 6. The summed E-state index contributed by atoms with van der Waals surface area (Å²) in [7, 11) is 1.53. The molecular formula is C22H28F6N2O4. The van der Waals surface area contributed by atoms with Gasteiger partial charge in [-0.05, 0) is 50.8 Å². The summed E-state index contributed by atoms with van der Waals surface area (Å²) >= 11 is 0. The average molecular weight is 498 g/mol. The fourth-order valence-corrected chi connectivity index (χ4v) is 3.63. The number of aryl methyl sites for hydroxylation is 1. The van der Waals surface area contributed by atoms with Crippen LogP contribution in [0.15, 0.2) is 18.2 Å². The van der Waals surface area contributed by atoms with Gasteiger partial charge in [0.15, 0.2) is 0 Å². The smallest absolute Gasteiger partial charge is 0.430 e. The Hall–Kier alpha value is -2.50. The number of ether oxygens (including phenoxy) is 1. The zero-order chi connectivity index (χ0) is 26.1. The van der Waals surface area contributed by atoms with Gasteiger partial charge in [-0.15, -0.1) is 0 Å². The second-order valence-corrected chi connectivity index (χ2v) is 8.69. The highest BCUT2D eigenvalue weighted by atomic mass is 19.4. The van der Waals surface area contributed by atoms with Crippen molar-refractivity contribution in [2.24, 2.45) is 0 Å². The van der Waals surface area contributed by atoms with Crippen LogP contribution in [0.5, 0.6) is 5.75 Å². The molecule has 1 heterocycles. The van der Waals surface area contributed by atoms with Gasteiger partial charge in [0.2, 0.25) is 0 Å². The van der Waals surface area contributed by atoms with E-state index in [-0.39, 0.29) is 36.8 Å². The molecule has 0 bridgehead atoms. The number of urea groups is 1. The summed E-state index contributed by atoms with van der Waals surface area (Å²) in [6.07, 6.45) is -10.6. The van der Waals surface area contributed by atoms with Gasteiger partial charge in [-0.1, -0.05) is 19.4 Å². The van der Waals surface area contributed by atoms with Crippen molar-refractivity contribution in [3.05, 3.63) is 29.3 Å². The van der Waals surface area contributed by atoms with Crippen molar-refractivity contribution in [1.29, 1.82) is 0 Å². The molecule has 12 heteroatoms. The standard InChI is InChI=1S/C22H28F6N2O4/c1-5-8-14-13-15(20(33,21(23,24)25)22(26,27)28)9-10-16(14)34-12-7-6-11-30-17(31)19(2,3)29(4)18(30)32/h9-10,13,33H,5-8,11-12H2,1-4H3. The van der Waals surface area contributed by atoms with Crippen molar-refractivity contribution in [2.45, 2.75) is 69.9 Å². The van der Waals surface area contributed by atoms with Gasteiger partial charge in [-0.25, -0.2) is 4.79 Å². The molecule has 2 rings (SSSR count). The molecule has 3 amide bonds. The number of halogens is 6. The predicted molar refractivity (Wildman–Crippen MR) is 110 cm³/mol. The molecular weight excluding hydrogens is 470 g/mol. The van der Waals surface area contributed by atoms with E-state index in [2.05, 4.69) is 0 Å². The quantitative estimate of drug-likeness (QED) is 0.302. The Morgan fingerprint density at radius 1 is 1.03 bits per heavy atom. The van der Waals surface area contributed by atoms with E-state index in [1.165, 1.54) is 11.9 Å². The molecule has 1 fully saturated rings. The summed E-state index contributed by atoms with van der Waals surface area (Å²) in [5, 5.41) is 9.63. The van der Waals surface area contributed by atoms with E-state index in [4.69, 9.17) is 4.74 Å². The number of rotatable bonds is 9. The van der Waals surface area contributed by atoms with Crippen LogP contribution in [0.25, 0.3) is 0 Å². The Morgan fingerprint density at radius 3 is 2.09 bits per heavy atom. The molecule has 0 radical (unpaired) electrons. The molecule has 0 saturated carbocycles. The van der Waals surface area contributed by atoms with Gasteiger partial charge < -0.3 is 14.7 Å². The molecule has 1 aliphatic heterocycles. The number of nitrogens with zero attached hydrogens (tertiary/aromatic N) is 2. The lowest BCUT2D eigenvalue weighted by Crippen LogP contribution is -2.53. The number of carbonyl (C=O) groups is 2. The van der Waals surface area contributed by atoms with Gasteiger partial charge in [0, 0.05) is 19.2 Å². The zero-order valence-electron chi connectivity index (χ0n) is 19.3. The highest BCUT2D eigenvalue weighted by molar-refractivity contribution is 6.06. The number of imide groups is 1. The third-order valence-electron chi connectivity index (χ3n) is 5.98. The lowest BCUT2D eigenvalue weighted by molar-refractivity contribution is -0.376. The van der Waals surface area contributed by atoms with Gasteiger partial charge in [-0.2, -0.15) is 26.3 Å². The minimum atomic E-state index is -5.97. The number of carbonyl (C=O) groups excluding carboxylic acids is 2. The maximum absolute atomic E-state index is 13.2. The number of benzene rings is 1. The Morgan fingerprint density at radius 2 is 1.62 bits per heavy atom. The van der Waals surface area contributed by atoms with Crippen LogP contribution in [0.4, 0.5) is 31.1 Å². The van der Waals surface area contributed by atoms with Crippen LogP contribution in [0.3, 0.4) is 0 Å². The van der Waals surface area contributed by atoms with Crippen LogP contribution in [-0.2, 0) is 16.8 Å². The van der Waals surface area contributed by atoms with Crippen molar-refractivity contribution in [3.63, 3.8) is 0 Å². The number of aliphatic hydroxyl groups is 1. The Balaban J connectivity index is 2.08. The second-order valence-electron chi connectivity index (χ2n) is 8.69. The summed E-state index contributed by atoms with van der Waals surface area (Å²) in [5.41, 5.74) is -7.18. The molecule has 34 heavy (non-hydrogen) atoms. The van der Waals surface area contributed by atoms with Crippen molar-refractivity contribution in [1.82, 2.24) is 9.80 Å². The van der Waals surface area contributed by atoms with E-state index in [9.17, 15) is 41.0 Å². The summed E-state index contributed by atoms with van der Waals surface area (Å²) < 4.78 is 84.7. The predicted octanol–water partition coefficient (Wildman–Crippen LogP) is 4.78. The van der Waals surface area contributed by atoms with Gasteiger partial charge in [0.1, 0.15) is 11.3 Å². The van der Waals surface area contributed by atoms with Crippen molar-refractivity contribution < 1.29 is 45.8 Å². The van der Waals surface area contributed by atoms with Gasteiger partial charge >= 0.3 is 18.4 Å². The number of unbranched alkanes of at least 4 members (excludes halogenated alkanes) is 1. The molecule has 1 N–H and O–H groups in total. The van der Waals surface area contributed by atoms with E-state index < -0.39 is 35.1 Å². The second kappa shape index (κ2) is 9.63. The summed E-state index contributed by atoms with van der Waals surface area (Å²) in [6.45, 7) is 5.18. The molecule has 0 unspecified atom stereocenters. The Bertz CT molecular complexity index is 900. The highest BCUT2D eigenvalue weighted by Gasteiger charge is 2.71. The molecule has 1 aromatic carbocycles. The molecule has 192 valence electrons. The monoisotopic (exact) mass is 498 g/mol. The number of amides is 3.